The Hall–Kier alpha value is -1.20. The number of hydrogen-bond acceptors (Lipinski definition) is 7. The van der Waals surface area contributed by atoms with Gasteiger partial charge in [-0.25, -0.2) is 4.68 Å². The molecule has 0 unspecified atom stereocenters. The number of aromatic nitrogens is 2. The molecule has 0 aromatic carbocycles. The predicted octanol–water partition coefficient (Wildman–Crippen LogP) is 1.35. The van der Waals surface area contributed by atoms with E-state index in [0.717, 1.165) is 6.26 Å². The molecule has 0 amide bonds. The second kappa shape index (κ2) is 6.99. The summed E-state index contributed by atoms with van der Waals surface area (Å²) in [5.74, 6) is 0.281. The molecule has 20 heavy (non-hydrogen) atoms. The van der Waals surface area contributed by atoms with Crippen LogP contribution in [0.1, 0.15) is 13.3 Å². The van der Waals surface area contributed by atoms with E-state index < -0.39 is 15.0 Å². The van der Waals surface area contributed by atoms with E-state index in [9.17, 15) is 18.5 Å². The maximum absolute atomic E-state index is 11.0. The van der Waals surface area contributed by atoms with Crippen molar-refractivity contribution in [2.75, 3.05) is 24.7 Å². The lowest BCUT2D eigenvalue weighted by Gasteiger charge is -2.07. The van der Waals surface area contributed by atoms with Crippen LogP contribution in [0.25, 0.3) is 0 Å². The number of nitrogens with zero attached hydrogens (tertiary/aromatic N) is 3. The van der Waals surface area contributed by atoms with Crippen LogP contribution in [0.2, 0.25) is 0 Å². The van der Waals surface area contributed by atoms with Crippen molar-refractivity contribution in [1.29, 1.82) is 0 Å². The molecule has 1 rings (SSSR count). The van der Waals surface area contributed by atoms with Crippen LogP contribution in [-0.4, -0.2) is 42.5 Å². The van der Waals surface area contributed by atoms with Crippen LogP contribution in [0, 0.1) is 10.1 Å². The van der Waals surface area contributed by atoms with Crippen molar-refractivity contribution in [2.24, 2.45) is 0 Å². The number of nitrogens with one attached hydrogen (secondary N) is 1. The molecular weight excluding hydrogens is 356 g/mol. The highest BCUT2D eigenvalue weighted by molar-refractivity contribution is 9.10. The molecule has 0 spiro atoms. The summed E-state index contributed by atoms with van der Waals surface area (Å²) in [6.07, 6.45) is 1.32. The third-order valence-corrected chi connectivity index (χ3v) is 3.35. The molecule has 1 aromatic heterocycles. The van der Waals surface area contributed by atoms with E-state index >= 15 is 0 Å². The van der Waals surface area contributed by atoms with Crippen molar-refractivity contribution in [3.8, 4) is 0 Å². The molecule has 0 aliphatic rings. The van der Waals surface area contributed by atoms with Crippen LogP contribution >= 0.6 is 15.9 Å². The standard InChI is InChI=1S/C9H15BrN4O5S/c1-3-11-9-7(14(15)16)8(10)12-13(9)5-4-6-19-20(2,17)18/h11H,3-6H2,1-2H3. The van der Waals surface area contributed by atoms with Crippen molar-refractivity contribution in [3.63, 3.8) is 0 Å². The maximum atomic E-state index is 11.0. The van der Waals surface area contributed by atoms with Crippen LogP contribution in [0.4, 0.5) is 11.5 Å². The van der Waals surface area contributed by atoms with Gasteiger partial charge in [0.1, 0.15) is 0 Å². The van der Waals surface area contributed by atoms with Crippen LogP contribution in [0.5, 0.6) is 0 Å². The van der Waals surface area contributed by atoms with E-state index in [2.05, 4.69) is 30.5 Å². The van der Waals surface area contributed by atoms with Gasteiger partial charge < -0.3 is 5.32 Å². The van der Waals surface area contributed by atoms with Gasteiger partial charge in [-0.05, 0) is 29.3 Å². The number of nitro groups is 1. The highest BCUT2D eigenvalue weighted by Gasteiger charge is 2.25. The van der Waals surface area contributed by atoms with Crippen LogP contribution < -0.4 is 5.32 Å². The van der Waals surface area contributed by atoms with Crippen molar-refractivity contribution >= 4 is 37.6 Å². The summed E-state index contributed by atoms with van der Waals surface area (Å²) in [7, 11) is -3.48. The minimum absolute atomic E-state index is 0.00429. The zero-order chi connectivity index (χ0) is 15.3. The van der Waals surface area contributed by atoms with Gasteiger partial charge >= 0.3 is 5.69 Å². The zero-order valence-electron chi connectivity index (χ0n) is 11.0. The average molecular weight is 371 g/mol. The lowest BCUT2D eigenvalue weighted by atomic mass is 10.4. The van der Waals surface area contributed by atoms with E-state index in [-0.39, 0.29) is 22.7 Å². The van der Waals surface area contributed by atoms with Gasteiger partial charge in [-0.15, -0.1) is 0 Å². The molecule has 114 valence electrons. The van der Waals surface area contributed by atoms with Crippen LogP contribution in [0.15, 0.2) is 4.60 Å². The summed E-state index contributed by atoms with van der Waals surface area (Å²) in [5.41, 5.74) is -0.143. The first kappa shape index (κ1) is 16.9. The summed E-state index contributed by atoms with van der Waals surface area (Å²) in [6.45, 7) is 2.60. The Balaban J connectivity index is 2.79. The summed E-state index contributed by atoms with van der Waals surface area (Å²) >= 11 is 3.04. The molecule has 1 aromatic rings. The van der Waals surface area contributed by atoms with Crippen LogP contribution in [-0.2, 0) is 20.8 Å². The first-order chi connectivity index (χ1) is 9.26. The largest absolute Gasteiger partial charge is 0.365 e. The average Bonchev–Trinajstić information content (AvgIpc) is 2.60. The molecule has 0 aliphatic carbocycles. The summed E-state index contributed by atoms with van der Waals surface area (Å²) in [5, 5.41) is 17.9. The fourth-order valence-corrected chi connectivity index (χ4v) is 2.46. The van der Waals surface area contributed by atoms with Gasteiger partial charge in [0.05, 0.1) is 17.8 Å². The van der Waals surface area contributed by atoms with Crippen molar-refractivity contribution < 1.29 is 17.5 Å². The van der Waals surface area contributed by atoms with Gasteiger partial charge in [0.25, 0.3) is 10.1 Å². The minimum atomic E-state index is -3.48. The third kappa shape index (κ3) is 4.72. The Kier molecular flexibility index (Phi) is 5.89. The summed E-state index contributed by atoms with van der Waals surface area (Å²) in [4.78, 5) is 10.4. The Morgan fingerprint density at radius 2 is 2.20 bits per heavy atom. The first-order valence-electron chi connectivity index (χ1n) is 5.75. The molecule has 0 aliphatic heterocycles. The SMILES string of the molecule is CCNc1c([N+](=O)[O-])c(Br)nn1CCCOS(C)(=O)=O. The van der Waals surface area contributed by atoms with Crippen molar-refractivity contribution in [1.82, 2.24) is 9.78 Å². The Morgan fingerprint density at radius 1 is 1.55 bits per heavy atom. The fraction of sp³-hybridized carbons (Fsp3) is 0.667. The van der Waals surface area contributed by atoms with E-state index in [4.69, 9.17) is 0 Å². The van der Waals surface area contributed by atoms with Gasteiger partial charge in [-0.3, -0.25) is 14.3 Å². The molecule has 0 saturated heterocycles. The number of hydrogen-bond donors (Lipinski definition) is 1. The van der Waals surface area contributed by atoms with Gasteiger partial charge in [0.2, 0.25) is 10.4 Å². The third-order valence-electron chi connectivity index (χ3n) is 2.22. The quantitative estimate of drug-likeness (QED) is 0.317. The fourth-order valence-electron chi connectivity index (χ4n) is 1.51. The summed E-state index contributed by atoms with van der Waals surface area (Å²) < 4.78 is 27.8. The monoisotopic (exact) mass is 370 g/mol. The molecule has 9 nitrogen and oxygen atoms in total. The molecule has 0 saturated carbocycles. The molecule has 0 radical (unpaired) electrons. The second-order valence-electron chi connectivity index (χ2n) is 3.88. The zero-order valence-corrected chi connectivity index (χ0v) is 13.4. The lowest BCUT2D eigenvalue weighted by Crippen LogP contribution is -2.11. The first-order valence-corrected chi connectivity index (χ1v) is 8.36. The second-order valence-corrected chi connectivity index (χ2v) is 6.27. The van der Waals surface area contributed by atoms with E-state index in [1.165, 1.54) is 4.68 Å². The van der Waals surface area contributed by atoms with Gasteiger partial charge in [-0.1, -0.05) is 0 Å². The Morgan fingerprint density at radius 3 is 2.70 bits per heavy atom. The molecular formula is C9H15BrN4O5S. The highest BCUT2D eigenvalue weighted by atomic mass is 79.9. The predicted molar refractivity (Wildman–Crippen MR) is 76.2 cm³/mol. The van der Waals surface area contributed by atoms with Crippen molar-refractivity contribution in [3.05, 3.63) is 14.7 Å². The molecule has 0 atom stereocenters. The smallest absolute Gasteiger partial charge is 0.345 e. The van der Waals surface area contributed by atoms with E-state index in [1.807, 2.05) is 6.92 Å². The van der Waals surface area contributed by atoms with E-state index in [0.29, 0.717) is 19.5 Å². The Bertz CT molecular complexity index is 585. The van der Waals surface area contributed by atoms with Crippen LogP contribution in [0.3, 0.4) is 0 Å². The van der Waals surface area contributed by atoms with Crippen molar-refractivity contribution in [2.45, 2.75) is 19.9 Å². The highest BCUT2D eigenvalue weighted by Crippen LogP contribution is 2.32. The molecule has 1 heterocycles. The van der Waals surface area contributed by atoms with Gasteiger partial charge in [-0.2, -0.15) is 13.5 Å². The van der Waals surface area contributed by atoms with Gasteiger partial charge in [0.15, 0.2) is 0 Å². The number of aryl methyl sites for hydroxylation is 1. The Labute approximate surface area is 124 Å². The maximum Gasteiger partial charge on any atom is 0.345 e. The molecule has 0 bridgehead atoms. The number of halogens is 1. The molecule has 11 heteroatoms. The number of anilines is 1. The van der Waals surface area contributed by atoms with E-state index in [1.54, 1.807) is 0 Å². The lowest BCUT2D eigenvalue weighted by molar-refractivity contribution is -0.384. The normalized spacial score (nSPS) is 11.6. The van der Waals surface area contributed by atoms with Gasteiger partial charge in [0, 0.05) is 13.1 Å². The minimum Gasteiger partial charge on any atom is -0.365 e. The number of rotatable bonds is 8. The molecule has 1 N–H and O–H groups in total. The summed E-state index contributed by atoms with van der Waals surface area (Å²) in [6, 6.07) is 0. The topological polar surface area (TPSA) is 116 Å². The molecule has 0 fully saturated rings.